The number of H-pyrrole nitrogens is 1. The SMILES string of the molecule is CC.O=C(NC#Cc1cn(C2CC(O)C(CO)O2)c(=O)[nH]c1=O)C(F)(F)F. The zero-order valence-corrected chi connectivity index (χ0v) is 14.3. The number of aliphatic hydroxyl groups excluding tert-OH is 2. The van der Waals surface area contributed by atoms with Gasteiger partial charge in [0.15, 0.2) is 0 Å². The van der Waals surface area contributed by atoms with Gasteiger partial charge in [-0.1, -0.05) is 13.8 Å². The fraction of sp³-hybridized carbons (Fsp3) is 0.533. The van der Waals surface area contributed by atoms with E-state index in [2.05, 4.69) is 0 Å². The average Bonchev–Trinajstić information content (AvgIpc) is 2.98. The molecule has 1 saturated heterocycles. The Hall–Kier alpha value is -2.62. The monoisotopic (exact) mass is 393 g/mol. The largest absolute Gasteiger partial charge is 0.472 e. The molecule has 1 aliphatic heterocycles. The van der Waals surface area contributed by atoms with E-state index in [9.17, 15) is 32.7 Å². The van der Waals surface area contributed by atoms with E-state index in [4.69, 9.17) is 9.84 Å². The Morgan fingerprint density at radius 1 is 1.44 bits per heavy atom. The molecule has 0 aromatic carbocycles. The number of carbonyl (C=O) groups excluding carboxylic acids is 1. The number of ether oxygens (including phenoxy) is 1. The van der Waals surface area contributed by atoms with Crippen LogP contribution in [0.2, 0.25) is 0 Å². The van der Waals surface area contributed by atoms with Crippen molar-refractivity contribution in [2.45, 2.75) is 44.9 Å². The number of nitrogens with zero attached hydrogens (tertiary/aromatic N) is 1. The third-order valence-electron chi connectivity index (χ3n) is 3.29. The summed E-state index contributed by atoms with van der Waals surface area (Å²) in [6, 6.07) is 1.68. The second-order valence-electron chi connectivity index (χ2n) is 5.03. The lowest BCUT2D eigenvalue weighted by Crippen LogP contribution is -2.35. The van der Waals surface area contributed by atoms with E-state index in [0.29, 0.717) is 0 Å². The first-order valence-electron chi connectivity index (χ1n) is 7.81. The topological polar surface area (TPSA) is 134 Å². The smallest absolute Gasteiger partial charge is 0.394 e. The number of nitrogens with one attached hydrogen (secondary N) is 2. The zero-order valence-electron chi connectivity index (χ0n) is 14.3. The lowest BCUT2D eigenvalue weighted by Gasteiger charge is -2.14. The minimum Gasteiger partial charge on any atom is -0.394 e. The molecular formula is C15H18F3N3O6. The summed E-state index contributed by atoms with van der Waals surface area (Å²) >= 11 is 0. The Morgan fingerprint density at radius 3 is 2.59 bits per heavy atom. The summed E-state index contributed by atoms with van der Waals surface area (Å²) in [4.78, 5) is 36.0. The molecule has 0 saturated carbocycles. The zero-order chi connectivity index (χ0) is 20.8. The first-order valence-corrected chi connectivity index (χ1v) is 7.81. The molecule has 3 unspecified atom stereocenters. The molecule has 1 fully saturated rings. The number of hydrogen-bond donors (Lipinski definition) is 4. The minimum atomic E-state index is -5.13. The van der Waals surface area contributed by atoms with Crippen LogP contribution in [-0.2, 0) is 9.53 Å². The van der Waals surface area contributed by atoms with Crippen LogP contribution in [0.5, 0.6) is 0 Å². The number of halogens is 3. The fourth-order valence-corrected chi connectivity index (χ4v) is 2.06. The van der Waals surface area contributed by atoms with Crippen LogP contribution in [0.3, 0.4) is 0 Å². The molecule has 0 radical (unpaired) electrons. The molecule has 1 aliphatic rings. The van der Waals surface area contributed by atoms with E-state index >= 15 is 0 Å². The molecule has 1 amide bonds. The van der Waals surface area contributed by atoms with Crippen molar-refractivity contribution in [1.82, 2.24) is 14.9 Å². The molecule has 0 aliphatic carbocycles. The van der Waals surface area contributed by atoms with Gasteiger partial charge in [-0.15, -0.1) is 0 Å². The van der Waals surface area contributed by atoms with Crippen molar-refractivity contribution in [3.05, 3.63) is 32.6 Å². The summed E-state index contributed by atoms with van der Waals surface area (Å²) < 4.78 is 42.2. The van der Waals surface area contributed by atoms with Crippen molar-refractivity contribution in [2.75, 3.05) is 6.61 Å². The van der Waals surface area contributed by atoms with Crippen LogP contribution in [-0.4, -0.2) is 50.7 Å². The second kappa shape index (κ2) is 9.36. The number of amides is 1. The van der Waals surface area contributed by atoms with Crippen LogP contribution in [0.25, 0.3) is 0 Å². The van der Waals surface area contributed by atoms with E-state index in [1.54, 1.807) is 6.04 Å². The summed E-state index contributed by atoms with van der Waals surface area (Å²) in [6.07, 6.45) is -7.26. The second-order valence-corrected chi connectivity index (χ2v) is 5.03. The van der Waals surface area contributed by atoms with Gasteiger partial charge in [0.05, 0.1) is 12.7 Å². The molecule has 1 aromatic heterocycles. The number of aromatic amines is 1. The Bertz CT molecular complexity index is 836. The summed E-state index contributed by atoms with van der Waals surface area (Å²) in [5.41, 5.74) is -2.29. The van der Waals surface area contributed by atoms with Crippen LogP contribution in [0.15, 0.2) is 15.8 Å². The first-order chi connectivity index (χ1) is 12.6. The van der Waals surface area contributed by atoms with Gasteiger partial charge < -0.3 is 14.9 Å². The number of aliphatic hydroxyl groups is 2. The quantitative estimate of drug-likeness (QED) is 0.384. The van der Waals surface area contributed by atoms with Crippen LogP contribution in [0.1, 0.15) is 32.1 Å². The van der Waals surface area contributed by atoms with Gasteiger partial charge in [-0.3, -0.25) is 24.5 Å². The number of alkyl halides is 3. The molecule has 4 N–H and O–H groups in total. The summed E-state index contributed by atoms with van der Waals surface area (Å²) in [5.74, 6) is -0.317. The summed E-state index contributed by atoms with van der Waals surface area (Å²) in [5, 5.41) is 19.9. The lowest BCUT2D eigenvalue weighted by molar-refractivity contribution is -0.172. The maximum atomic E-state index is 12.0. The standard InChI is InChI=1S/C13H12F3N3O6.C2H6/c14-13(15,16)11(23)17-2-1-6-4-19(12(24)18-10(6)22)9-3-7(21)8(5-20)25-9;1-2/h4,7-9,20-21H,3,5H2,(H,17,23)(H,18,22,24);1-2H3. The first kappa shape index (κ1) is 22.4. The fourth-order valence-electron chi connectivity index (χ4n) is 2.06. The Morgan fingerprint density at radius 2 is 2.07 bits per heavy atom. The molecule has 27 heavy (non-hydrogen) atoms. The van der Waals surface area contributed by atoms with Gasteiger partial charge in [0.1, 0.15) is 17.9 Å². The van der Waals surface area contributed by atoms with Crippen LogP contribution < -0.4 is 16.6 Å². The minimum absolute atomic E-state index is 0.0607. The molecule has 3 atom stereocenters. The van der Waals surface area contributed by atoms with Crippen molar-refractivity contribution in [3.8, 4) is 12.0 Å². The Labute approximate surface area is 150 Å². The van der Waals surface area contributed by atoms with Crippen molar-refractivity contribution in [1.29, 1.82) is 0 Å². The van der Waals surface area contributed by atoms with E-state index in [1.807, 2.05) is 24.8 Å². The predicted molar refractivity (Wildman–Crippen MR) is 85.4 cm³/mol. The van der Waals surface area contributed by atoms with E-state index < -0.39 is 53.9 Å². The molecule has 2 heterocycles. The van der Waals surface area contributed by atoms with E-state index in [1.165, 1.54) is 5.32 Å². The van der Waals surface area contributed by atoms with Crippen molar-refractivity contribution >= 4 is 5.91 Å². The molecule has 150 valence electrons. The third kappa shape index (κ3) is 5.68. The Kier molecular flexibility index (Phi) is 7.77. The molecule has 0 spiro atoms. The van der Waals surface area contributed by atoms with Gasteiger partial charge >= 0.3 is 17.8 Å². The normalized spacial score (nSPS) is 21.5. The number of aromatic nitrogens is 2. The molecule has 12 heteroatoms. The molecule has 0 bridgehead atoms. The van der Waals surface area contributed by atoms with Gasteiger partial charge in [0, 0.05) is 18.7 Å². The third-order valence-corrected chi connectivity index (χ3v) is 3.29. The average molecular weight is 393 g/mol. The van der Waals surface area contributed by atoms with Crippen molar-refractivity contribution in [2.24, 2.45) is 0 Å². The molecule has 9 nitrogen and oxygen atoms in total. The highest BCUT2D eigenvalue weighted by molar-refractivity contribution is 5.83. The lowest BCUT2D eigenvalue weighted by atomic mass is 10.2. The predicted octanol–water partition coefficient (Wildman–Crippen LogP) is -0.809. The highest BCUT2D eigenvalue weighted by Gasteiger charge is 2.38. The maximum Gasteiger partial charge on any atom is 0.472 e. The number of carbonyl (C=O) groups is 1. The van der Waals surface area contributed by atoms with Crippen LogP contribution >= 0.6 is 0 Å². The Balaban J connectivity index is 0.00000176. The summed E-state index contributed by atoms with van der Waals surface area (Å²) in [6.45, 7) is 3.51. The molecular weight excluding hydrogens is 375 g/mol. The number of rotatable bonds is 2. The molecule has 2 rings (SSSR count). The van der Waals surface area contributed by atoms with Gasteiger partial charge in [0.2, 0.25) is 0 Å². The van der Waals surface area contributed by atoms with Crippen molar-refractivity contribution < 1.29 is 32.9 Å². The van der Waals surface area contributed by atoms with Gasteiger partial charge in [-0.2, -0.15) is 13.2 Å². The van der Waals surface area contributed by atoms with Gasteiger partial charge in [-0.05, 0) is 5.92 Å². The maximum absolute atomic E-state index is 12.0. The van der Waals surface area contributed by atoms with Gasteiger partial charge in [0.25, 0.3) is 5.56 Å². The molecule has 1 aromatic rings. The number of hydrogen-bond acceptors (Lipinski definition) is 6. The van der Waals surface area contributed by atoms with Gasteiger partial charge in [-0.25, -0.2) is 4.79 Å². The van der Waals surface area contributed by atoms with Crippen molar-refractivity contribution in [3.63, 3.8) is 0 Å². The van der Waals surface area contributed by atoms with Crippen LogP contribution in [0.4, 0.5) is 13.2 Å². The van der Waals surface area contributed by atoms with E-state index in [0.717, 1.165) is 10.8 Å². The highest BCUT2D eigenvalue weighted by Crippen LogP contribution is 2.27. The summed E-state index contributed by atoms with van der Waals surface area (Å²) in [7, 11) is 0. The van der Waals surface area contributed by atoms with E-state index in [-0.39, 0.29) is 6.42 Å². The van der Waals surface area contributed by atoms with Crippen LogP contribution in [0, 0.1) is 12.0 Å². The highest BCUT2D eigenvalue weighted by atomic mass is 19.4.